The average molecular weight is 599 g/mol. The van der Waals surface area contributed by atoms with Crippen molar-refractivity contribution >= 4 is 44.2 Å². The van der Waals surface area contributed by atoms with Gasteiger partial charge in [-0.2, -0.15) is 17.5 Å². The van der Waals surface area contributed by atoms with Crippen LogP contribution in [-0.4, -0.2) is 20.1 Å². The number of halogens is 4. The van der Waals surface area contributed by atoms with Crippen LogP contribution in [0.2, 0.25) is 0 Å². The molecule has 0 aliphatic rings. The lowest BCUT2D eigenvalue weighted by atomic mass is 10.0. The summed E-state index contributed by atoms with van der Waals surface area (Å²) in [5.41, 5.74) is -1.04. The fraction of sp³-hybridized carbons (Fsp3) is 0.174. The summed E-state index contributed by atoms with van der Waals surface area (Å²) in [4.78, 5) is 25.3. The number of nitrogens with zero attached hydrogens (tertiary/aromatic N) is 3. The molecule has 0 amide bonds. The van der Waals surface area contributed by atoms with E-state index in [0.29, 0.717) is 32.0 Å². The minimum absolute atomic E-state index is 0.143. The molecule has 0 spiro atoms. The van der Waals surface area contributed by atoms with Crippen molar-refractivity contribution in [3.8, 4) is 22.7 Å². The summed E-state index contributed by atoms with van der Waals surface area (Å²) in [6.45, 7) is 5.91. The van der Waals surface area contributed by atoms with Crippen molar-refractivity contribution in [1.29, 1.82) is 0 Å². The Kier molecular flexibility index (Phi) is 6.42. The van der Waals surface area contributed by atoms with Crippen LogP contribution in [0.1, 0.15) is 11.3 Å². The predicted molar refractivity (Wildman–Crippen MR) is 134 cm³/mol. The van der Waals surface area contributed by atoms with Gasteiger partial charge in [0.25, 0.3) is 5.56 Å². The van der Waals surface area contributed by atoms with E-state index in [1.54, 1.807) is 18.2 Å². The Morgan fingerprint density at radius 1 is 1.21 bits per heavy atom. The normalized spacial score (nSPS) is 11.7. The highest BCUT2D eigenvalue weighted by Gasteiger charge is 2.35. The summed E-state index contributed by atoms with van der Waals surface area (Å²) in [7, 11) is 0.981. The number of ether oxygens (including phenoxy) is 1. The van der Waals surface area contributed by atoms with Crippen molar-refractivity contribution < 1.29 is 17.9 Å². The monoisotopic (exact) mass is 599 g/mol. The Balaban J connectivity index is 1.95. The van der Waals surface area contributed by atoms with Crippen LogP contribution in [-0.2, 0) is 13.2 Å². The zero-order valence-corrected chi connectivity index (χ0v) is 20.9. The number of alkyl halides is 3. The van der Waals surface area contributed by atoms with E-state index in [4.69, 9.17) is 4.74 Å². The summed E-state index contributed by atoms with van der Waals surface area (Å²) >= 11 is 3.40. The molecule has 0 N–H and O–H groups in total. The molecule has 2 aromatic carbocycles. The van der Waals surface area contributed by atoms with Gasteiger partial charge in [-0.25, -0.2) is 9.36 Å². The maximum absolute atomic E-state index is 13.2. The number of benzene rings is 2. The molecular weight excluding hydrogens is 582 g/mol. The van der Waals surface area contributed by atoms with Crippen molar-refractivity contribution in [3.63, 3.8) is 0 Å². The lowest BCUT2D eigenvalue weighted by Crippen LogP contribution is -2.40. The van der Waals surface area contributed by atoms with E-state index in [0.717, 1.165) is 26.4 Å². The Hall–Kier alpha value is -2.93. The van der Waals surface area contributed by atoms with Crippen LogP contribution in [0, 0.1) is 10.5 Å². The maximum atomic E-state index is 13.2. The lowest BCUT2D eigenvalue weighted by Gasteiger charge is -2.14. The molecule has 2 aromatic heterocycles. The lowest BCUT2D eigenvalue weighted by molar-refractivity contribution is -0.144. The first kappa shape index (κ1) is 24.2. The van der Waals surface area contributed by atoms with Crippen molar-refractivity contribution in [2.45, 2.75) is 13.1 Å². The summed E-state index contributed by atoms with van der Waals surface area (Å²) in [6.07, 6.45) is -3.20. The number of hydrogen-bond acceptors (Lipinski definition) is 5. The van der Waals surface area contributed by atoms with Crippen molar-refractivity contribution in [1.82, 2.24) is 13.5 Å². The van der Waals surface area contributed by atoms with E-state index < -0.39 is 23.1 Å². The molecule has 0 aliphatic heterocycles. The Labute approximate surface area is 209 Å². The summed E-state index contributed by atoms with van der Waals surface area (Å²) in [5, 5.41) is 0.640. The fourth-order valence-corrected chi connectivity index (χ4v) is 5.30. The van der Waals surface area contributed by atoms with E-state index in [2.05, 4.69) is 33.5 Å². The predicted octanol–water partition coefficient (Wildman–Crippen LogP) is 5.31. The zero-order chi connectivity index (χ0) is 24.8. The van der Waals surface area contributed by atoms with Crippen LogP contribution < -0.4 is 16.0 Å². The second kappa shape index (κ2) is 9.02. The highest BCUT2D eigenvalue weighted by atomic mass is 127. The van der Waals surface area contributed by atoms with E-state index in [-0.39, 0.29) is 12.3 Å². The molecule has 0 unspecified atom stereocenters. The van der Waals surface area contributed by atoms with Gasteiger partial charge in [-0.15, -0.1) is 0 Å². The molecule has 0 bridgehead atoms. The number of hydrogen-bond donors (Lipinski definition) is 0. The molecular formula is C23H17F3IN3O3S. The van der Waals surface area contributed by atoms with E-state index in [1.165, 1.54) is 17.6 Å². The first-order valence-electron chi connectivity index (χ1n) is 9.87. The van der Waals surface area contributed by atoms with Gasteiger partial charge in [-0.1, -0.05) is 12.7 Å². The fourth-order valence-electron chi connectivity index (χ4n) is 3.59. The van der Waals surface area contributed by atoms with Gasteiger partial charge in [0.05, 0.1) is 19.7 Å². The molecule has 0 radical (unpaired) electrons. The van der Waals surface area contributed by atoms with E-state index in [1.807, 2.05) is 19.1 Å². The van der Waals surface area contributed by atoms with Gasteiger partial charge in [-0.05, 0) is 76.9 Å². The molecule has 0 aliphatic carbocycles. The third-order valence-electron chi connectivity index (χ3n) is 5.11. The zero-order valence-electron chi connectivity index (χ0n) is 17.9. The van der Waals surface area contributed by atoms with E-state index in [9.17, 15) is 22.8 Å². The molecule has 34 heavy (non-hydrogen) atoms. The SMILES string of the molecule is C=CCOc1c(I)cc(C)cc1-c1nsc2ccc(-n3c(=O)cc(C(F)(F)F)n(C)c3=O)cc12. The Bertz CT molecular complexity index is 1550. The van der Waals surface area contributed by atoms with Crippen LogP contribution in [0.5, 0.6) is 5.75 Å². The molecule has 0 saturated carbocycles. The quantitative estimate of drug-likeness (QED) is 0.231. The van der Waals surface area contributed by atoms with Crippen molar-refractivity contribution in [2.24, 2.45) is 7.05 Å². The summed E-state index contributed by atoms with van der Waals surface area (Å²) in [5.74, 6) is 0.617. The minimum atomic E-state index is -4.83. The van der Waals surface area contributed by atoms with Crippen molar-refractivity contribution in [3.05, 3.63) is 84.7 Å². The molecule has 4 aromatic rings. The van der Waals surface area contributed by atoms with E-state index >= 15 is 0 Å². The highest BCUT2D eigenvalue weighted by molar-refractivity contribution is 14.1. The maximum Gasteiger partial charge on any atom is 0.431 e. The summed E-state index contributed by atoms with van der Waals surface area (Å²) < 4.78 is 52.9. The van der Waals surface area contributed by atoms with Gasteiger partial charge in [0, 0.05) is 24.1 Å². The molecule has 11 heteroatoms. The Morgan fingerprint density at radius 2 is 1.94 bits per heavy atom. The first-order chi connectivity index (χ1) is 16.0. The van der Waals surface area contributed by atoms with Crippen molar-refractivity contribution in [2.75, 3.05) is 6.61 Å². The molecule has 0 atom stereocenters. The summed E-state index contributed by atoms with van der Waals surface area (Å²) in [6, 6.07) is 9.08. The standard InChI is InChI=1S/C23H17F3IN3O3S/c1-4-7-33-21-15(8-12(2)9-16(21)27)20-14-10-13(5-6-17(14)34-28-20)30-19(31)11-18(23(24,25)26)29(3)22(30)32/h4-6,8-11H,1,7H2,2-3H3. The van der Waals surface area contributed by atoms with Gasteiger partial charge in [-0.3, -0.25) is 9.36 Å². The third-order valence-corrected chi connectivity index (χ3v) is 6.74. The van der Waals surface area contributed by atoms with Crippen LogP contribution in [0.15, 0.2) is 58.6 Å². The van der Waals surface area contributed by atoms with Crippen LogP contribution in [0.25, 0.3) is 27.0 Å². The molecule has 0 fully saturated rings. The number of rotatable bonds is 5. The van der Waals surface area contributed by atoms with Gasteiger partial charge >= 0.3 is 11.9 Å². The molecule has 6 nitrogen and oxygen atoms in total. The Morgan fingerprint density at radius 3 is 2.62 bits per heavy atom. The first-order valence-corrected chi connectivity index (χ1v) is 11.7. The number of fused-ring (bicyclic) bond motifs is 1. The van der Waals surface area contributed by atoms with Gasteiger partial charge in [0.15, 0.2) is 0 Å². The number of aryl methyl sites for hydroxylation is 1. The largest absolute Gasteiger partial charge is 0.488 e. The molecule has 176 valence electrons. The minimum Gasteiger partial charge on any atom is -0.488 e. The highest BCUT2D eigenvalue weighted by Crippen LogP contribution is 2.40. The average Bonchev–Trinajstić information content (AvgIpc) is 3.18. The van der Waals surface area contributed by atoms with Crippen LogP contribution in [0.3, 0.4) is 0 Å². The molecule has 4 rings (SSSR count). The molecule has 0 saturated heterocycles. The van der Waals surface area contributed by atoms with Crippen LogP contribution in [0.4, 0.5) is 13.2 Å². The third kappa shape index (κ3) is 4.29. The second-order valence-electron chi connectivity index (χ2n) is 7.48. The smallest absolute Gasteiger partial charge is 0.431 e. The topological polar surface area (TPSA) is 66.1 Å². The van der Waals surface area contributed by atoms with Crippen LogP contribution >= 0.6 is 34.1 Å². The van der Waals surface area contributed by atoms with Gasteiger partial charge in [0.2, 0.25) is 0 Å². The number of aromatic nitrogens is 3. The van der Waals surface area contributed by atoms with Gasteiger partial charge in [0.1, 0.15) is 18.1 Å². The second-order valence-corrected chi connectivity index (χ2v) is 9.44. The van der Waals surface area contributed by atoms with Gasteiger partial charge < -0.3 is 4.74 Å². The molecule has 2 heterocycles.